The lowest BCUT2D eigenvalue weighted by molar-refractivity contribution is -0.135. The summed E-state index contributed by atoms with van der Waals surface area (Å²) < 4.78 is 0. The first-order valence-electron chi connectivity index (χ1n) is 9.39. The van der Waals surface area contributed by atoms with Gasteiger partial charge in [-0.15, -0.1) is 0 Å². The number of benzene rings is 1. The van der Waals surface area contributed by atoms with E-state index in [4.69, 9.17) is 5.73 Å². The van der Waals surface area contributed by atoms with Crippen LogP contribution >= 0.6 is 0 Å². The fourth-order valence-electron chi connectivity index (χ4n) is 4.75. The molecule has 1 aromatic carbocycles. The summed E-state index contributed by atoms with van der Waals surface area (Å²) in [6, 6.07) is 8.47. The largest absolute Gasteiger partial charge is 0.342 e. The van der Waals surface area contributed by atoms with E-state index in [1.54, 1.807) is 0 Å². The number of hydrogen-bond acceptors (Lipinski definition) is 3. The monoisotopic (exact) mass is 341 g/mol. The Morgan fingerprint density at radius 1 is 1.16 bits per heavy atom. The van der Waals surface area contributed by atoms with Gasteiger partial charge in [0.15, 0.2) is 0 Å². The maximum atomic E-state index is 12.9. The summed E-state index contributed by atoms with van der Waals surface area (Å²) in [4.78, 5) is 29.0. The van der Waals surface area contributed by atoms with E-state index < -0.39 is 0 Å². The van der Waals surface area contributed by atoms with E-state index in [1.807, 2.05) is 9.80 Å². The van der Waals surface area contributed by atoms with Crippen molar-refractivity contribution in [3.8, 4) is 0 Å². The van der Waals surface area contributed by atoms with Crippen LogP contribution in [0.3, 0.4) is 0 Å². The van der Waals surface area contributed by atoms with Crippen molar-refractivity contribution >= 4 is 11.8 Å². The van der Waals surface area contributed by atoms with Crippen LogP contribution in [0.2, 0.25) is 0 Å². The molecule has 0 bridgehead atoms. The van der Waals surface area contributed by atoms with E-state index in [-0.39, 0.29) is 23.8 Å². The third-order valence-corrected chi connectivity index (χ3v) is 6.28. The molecule has 2 N–H and O–H groups in total. The van der Waals surface area contributed by atoms with Crippen molar-refractivity contribution in [3.63, 3.8) is 0 Å². The van der Waals surface area contributed by atoms with Gasteiger partial charge in [0, 0.05) is 38.6 Å². The molecule has 4 atom stereocenters. The van der Waals surface area contributed by atoms with E-state index in [9.17, 15) is 9.59 Å². The fraction of sp³-hybridized carbons (Fsp3) is 0.600. The summed E-state index contributed by atoms with van der Waals surface area (Å²) in [5, 5.41) is 0. The lowest BCUT2D eigenvalue weighted by Gasteiger charge is -2.22. The maximum Gasteiger partial charge on any atom is 0.228 e. The molecule has 1 aliphatic carbocycles. The minimum absolute atomic E-state index is 0.0926. The number of likely N-dealkylation sites (tertiary alicyclic amines) is 2. The second kappa shape index (κ2) is 6.45. The molecule has 1 saturated carbocycles. The van der Waals surface area contributed by atoms with Crippen LogP contribution < -0.4 is 5.73 Å². The number of rotatable bonds is 3. The summed E-state index contributed by atoms with van der Waals surface area (Å²) in [6.45, 7) is 4.81. The number of aryl methyl sites for hydroxylation is 1. The molecular weight excluding hydrogens is 314 g/mol. The van der Waals surface area contributed by atoms with Gasteiger partial charge in [-0.1, -0.05) is 29.8 Å². The average Bonchev–Trinajstić information content (AvgIpc) is 3.26. The predicted molar refractivity (Wildman–Crippen MR) is 95.5 cm³/mol. The zero-order valence-electron chi connectivity index (χ0n) is 14.9. The van der Waals surface area contributed by atoms with E-state index >= 15 is 0 Å². The molecule has 4 unspecified atom stereocenters. The highest BCUT2D eigenvalue weighted by atomic mass is 16.2. The Kier molecular flexibility index (Phi) is 4.28. The molecule has 0 aromatic heterocycles. The minimum atomic E-state index is -0.187. The summed E-state index contributed by atoms with van der Waals surface area (Å²) in [7, 11) is 0. The molecule has 0 radical (unpaired) electrons. The molecule has 1 aromatic rings. The summed E-state index contributed by atoms with van der Waals surface area (Å²) in [5.74, 6) is 1.09. The molecule has 5 heteroatoms. The van der Waals surface area contributed by atoms with E-state index in [0.717, 1.165) is 31.5 Å². The van der Waals surface area contributed by atoms with E-state index in [0.29, 0.717) is 31.3 Å². The molecule has 2 saturated heterocycles. The van der Waals surface area contributed by atoms with Crippen molar-refractivity contribution in [2.24, 2.45) is 23.5 Å². The minimum Gasteiger partial charge on any atom is -0.342 e. The molecule has 25 heavy (non-hydrogen) atoms. The number of hydrogen-bond donors (Lipinski definition) is 1. The van der Waals surface area contributed by atoms with Crippen molar-refractivity contribution in [2.75, 3.05) is 19.6 Å². The predicted octanol–water partition coefficient (Wildman–Crippen LogP) is 1.54. The Morgan fingerprint density at radius 2 is 1.92 bits per heavy atom. The number of nitrogens with two attached hydrogens (primary N) is 1. The topological polar surface area (TPSA) is 66.6 Å². The Labute approximate surface area is 149 Å². The van der Waals surface area contributed by atoms with Gasteiger partial charge in [-0.05, 0) is 37.2 Å². The lowest BCUT2D eigenvalue weighted by atomic mass is 9.98. The third kappa shape index (κ3) is 3.17. The third-order valence-electron chi connectivity index (χ3n) is 6.28. The van der Waals surface area contributed by atoms with Crippen LogP contribution in [-0.4, -0.2) is 47.3 Å². The molecule has 5 nitrogen and oxygen atoms in total. The van der Waals surface area contributed by atoms with Gasteiger partial charge < -0.3 is 15.5 Å². The first-order valence-corrected chi connectivity index (χ1v) is 9.39. The van der Waals surface area contributed by atoms with Crippen molar-refractivity contribution in [1.82, 2.24) is 9.80 Å². The van der Waals surface area contributed by atoms with Crippen molar-refractivity contribution in [3.05, 3.63) is 35.4 Å². The Hall–Kier alpha value is -1.88. The van der Waals surface area contributed by atoms with Gasteiger partial charge in [0.05, 0.1) is 5.92 Å². The van der Waals surface area contributed by atoms with Crippen molar-refractivity contribution in [1.29, 1.82) is 0 Å². The molecule has 0 spiro atoms. The second-order valence-electron chi connectivity index (χ2n) is 8.07. The highest BCUT2D eigenvalue weighted by molar-refractivity contribution is 5.89. The van der Waals surface area contributed by atoms with Gasteiger partial charge in [0.1, 0.15) is 0 Å². The van der Waals surface area contributed by atoms with Gasteiger partial charge in [0.2, 0.25) is 11.8 Å². The fourth-order valence-corrected chi connectivity index (χ4v) is 4.75. The number of carbonyl (C=O) groups excluding carboxylic acids is 2. The number of carbonyl (C=O) groups is 2. The van der Waals surface area contributed by atoms with Crippen LogP contribution in [0.1, 0.15) is 30.4 Å². The lowest BCUT2D eigenvalue weighted by Crippen LogP contribution is -2.38. The highest BCUT2D eigenvalue weighted by Gasteiger charge is 2.45. The molecule has 2 heterocycles. The first-order chi connectivity index (χ1) is 12.0. The standard InChI is InChI=1S/C20H27N3O2/c1-13-2-4-14(5-3-13)9-22-11-16(8-19(22)24)20(25)23-10-15-6-7-18(21)17(15)12-23/h2-5,15-18H,6-12,21H2,1H3. The maximum absolute atomic E-state index is 12.9. The van der Waals surface area contributed by atoms with Crippen LogP contribution in [0, 0.1) is 24.7 Å². The summed E-state index contributed by atoms with van der Waals surface area (Å²) >= 11 is 0. The van der Waals surface area contributed by atoms with Gasteiger partial charge in [-0.3, -0.25) is 9.59 Å². The Bertz CT molecular complexity index is 672. The van der Waals surface area contributed by atoms with Gasteiger partial charge >= 0.3 is 0 Å². The number of nitrogens with zero attached hydrogens (tertiary/aromatic N) is 2. The quantitative estimate of drug-likeness (QED) is 0.907. The zero-order chi connectivity index (χ0) is 17.6. The van der Waals surface area contributed by atoms with Gasteiger partial charge in [-0.2, -0.15) is 0 Å². The van der Waals surface area contributed by atoms with Gasteiger partial charge in [0.25, 0.3) is 0 Å². The highest BCUT2D eigenvalue weighted by Crippen LogP contribution is 2.38. The number of fused-ring (bicyclic) bond motifs is 1. The second-order valence-corrected chi connectivity index (χ2v) is 8.07. The Balaban J connectivity index is 1.37. The van der Waals surface area contributed by atoms with Crippen LogP contribution in [-0.2, 0) is 16.1 Å². The first kappa shape index (κ1) is 16.6. The van der Waals surface area contributed by atoms with Crippen LogP contribution in [0.5, 0.6) is 0 Å². The number of amides is 2. The smallest absolute Gasteiger partial charge is 0.228 e. The zero-order valence-corrected chi connectivity index (χ0v) is 14.9. The molecule has 3 fully saturated rings. The average molecular weight is 341 g/mol. The normalized spacial score (nSPS) is 31.7. The molecular formula is C20H27N3O2. The van der Waals surface area contributed by atoms with Gasteiger partial charge in [-0.25, -0.2) is 0 Å². The van der Waals surface area contributed by atoms with Crippen molar-refractivity contribution in [2.45, 2.75) is 38.8 Å². The molecule has 2 amide bonds. The molecule has 4 rings (SSSR count). The summed E-state index contributed by atoms with van der Waals surface area (Å²) in [6.07, 6.45) is 2.57. The SMILES string of the molecule is Cc1ccc(CN2CC(C(=O)N3CC4CCC(N)C4C3)CC2=O)cc1. The van der Waals surface area contributed by atoms with E-state index in [2.05, 4.69) is 31.2 Å². The van der Waals surface area contributed by atoms with E-state index in [1.165, 1.54) is 5.56 Å². The van der Waals surface area contributed by atoms with Crippen molar-refractivity contribution < 1.29 is 9.59 Å². The van der Waals surface area contributed by atoms with Crippen LogP contribution in [0.4, 0.5) is 0 Å². The van der Waals surface area contributed by atoms with Crippen LogP contribution in [0.25, 0.3) is 0 Å². The van der Waals surface area contributed by atoms with Crippen LogP contribution in [0.15, 0.2) is 24.3 Å². The summed E-state index contributed by atoms with van der Waals surface area (Å²) in [5.41, 5.74) is 8.51. The molecule has 2 aliphatic heterocycles. The Morgan fingerprint density at radius 3 is 2.64 bits per heavy atom. The molecule has 3 aliphatic rings. The molecule has 134 valence electrons.